The van der Waals surface area contributed by atoms with E-state index in [1.807, 2.05) is 51.1 Å². The number of aromatic nitrogens is 2. The van der Waals surface area contributed by atoms with Gasteiger partial charge in [0.15, 0.2) is 11.6 Å². The number of halogens is 5. The predicted molar refractivity (Wildman–Crippen MR) is 185 cm³/mol. The minimum atomic E-state index is -4.42. The second-order valence-corrected chi connectivity index (χ2v) is 12.3. The summed E-state index contributed by atoms with van der Waals surface area (Å²) in [6.45, 7) is 8.73. The van der Waals surface area contributed by atoms with Crippen molar-refractivity contribution >= 4 is 16.8 Å². The number of benzene rings is 4. The molecule has 262 valence electrons. The highest BCUT2D eigenvalue weighted by Crippen LogP contribution is 2.31. The first-order valence-electron chi connectivity index (χ1n) is 16.6. The summed E-state index contributed by atoms with van der Waals surface area (Å²) in [7, 11) is 0. The number of fused-ring (bicyclic) bond motifs is 1. The van der Waals surface area contributed by atoms with Gasteiger partial charge in [0.1, 0.15) is 12.4 Å². The topological polar surface area (TPSA) is 58.4 Å². The Bertz CT molecular complexity index is 2000. The Balaban J connectivity index is 1.44. The molecule has 4 aromatic carbocycles. The van der Waals surface area contributed by atoms with Crippen LogP contribution in [0.5, 0.6) is 0 Å². The van der Waals surface area contributed by atoms with Gasteiger partial charge in [-0.15, -0.1) is 0 Å². The van der Waals surface area contributed by atoms with Gasteiger partial charge in [0, 0.05) is 26.1 Å². The Morgan fingerprint density at radius 3 is 2.14 bits per heavy atom. The molecule has 5 rings (SSSR count). The average molecular weight is 691 g/mol. The van der Waals surface area contributed by atoms with Gasteiger partial charge in [0.2, 0.25) is 5.91 Å². The Morgan fingerprint density at radius 2 is 1.50 bits per heavy atom. The van der Waals surface area contributed by atoms with Gasteiger partial charge in [-0.05, 0) is 84.6 Å². The van der Waals surface area contributed by atoms with Crippen LogP contribution < -0.4 is 5.56 Å². The number of likely N-dealkylation sites (N-methyl/N-ethyl adjacent to an activating group) is 1. The summed E-state index contributed by atoms with van der Waals surface area (Å²) in [5.74, 6) is -1.86. The molecular weight excluding hydrogens is 651 g/mol. The first-order valence-corrected chi connectivity index (χ1v) is 16.6. The Hall–Kier alpha value is -4.90. The first kappa shape index (κ1) is 36.4. The summed E-state index contributed by atoms with van der Waals surface area (Å²) >= 11 is 0. The highest BCUT2D eigenvalue weighted by molar-refractivity contribution is 5.82. The molecule has 1 heterocycles. The summed E-state index contributed by atoms with van der Waals surface area (Å²) in [6, 6.07) is 21.5. The van der Waals surface area contributed by atoms with E-state index in [4.69, 9.17) is 0 Å². The maximum atomic E-state index is 14.5. The van der Waals surface area contributed by atoms with Crippen LogP contribution in [0.3, 0.4) is 0 Å². The fourth-order valence-electron chi connectivity index (χ4n) is 5.98. The molecule has 0 atom stereocenters. The summed E-state index contributed by atoms with van der Waals surface area (Å²) in [6.07, 6.45) is -4.25. The number of carbonyl (C=O) groups excluding carboxylic acids is 1. The highest BCUT2D eigenvalue weighted by atomic mass is 19.4. The van der Waals surface area contributed by atoms with Gasteiger partial charge in [-0.25, -0.2) is 8.78 Å². The smallest absolute Gasteiger partial charge is 0.336 e. The number of carbonyl (C=O) groups is 1. The Morgan fingerprint density at radius 1 is 0.840 bits per heavy atom. The van der Waals surface area contributed by atoms with Gasteiger partial charge < -0.3 is 14.4 Å². The molecule has 0 aliphatic heterocycles. The van der Waals surface area contributed by atoms with Crippen LogP contribution in [0.15, 0.2) is 89.7 Å². The van der Waals surface area contributed by atoms with Gasteiger partial charge in [-0.1, -0.05) is 68.4 Å². The summed E-state index contributed by atoms with van der Waals surface area (Å²) in [4.78, 5) is 35.5. The molecule has 6 nitrogen and oxygen atoms in total. The van der Waals surface area contributed by atoms with E-state index in [9.17, 15) is 31.5 Å². The zero-order chi connectivity index (χ0) is 36.0. The van der Waals surface area contributed by atoms with Gasteiger partial charge in [-0.3, -0.25) is 9.59 Å². The van der Waals surface area contributed by atoms with Crippen molar-refractivity contribution in [3.05, 3.63) is 135 Å². The third-order valence-corrected chi connectivity index (χ3v) is 8.97. The molecule has 0 unspecified atom stereocenters. The molecule has 1 aromatic heterocycles. The van der Waals surface area contributed by atoms with Crippen molar-refractivity contribution in [3.63, 3.8) is 0 Å². The molecule has 0 aliphatic rings. The lowest BCUT2D eigenvalue weighted by atomic mass is 10.0. The Labute approximate surface area is 287 Å². The molecule has 1 amide bonds. The minimum Gasteiger partial charge on any atom is -0.336 e. The molecule has 11 heteroatoms. The van der Waals surface area contributed by atoms with Crippen molar-refractivity contribution in [1.82, 2.24) is 19.4 Å². The number of hydrogen-bond acceptors (Lipinski definition) is 4. The van der Waals surface area contributed by atoms with Crippen LogP contribution >= 0.6 is 0 Å². The number of amides is 1. The van der Waals surface area contributed by atoms with E-state index in [0.29, 0.717) is 29.6 Å². The molecule has 5 aromatic rings. The second-order valence-electron chi connectivity index (χ2n) is 12.3. The standard InChI is InChI=1S/C39H39F5N4O2/c1-4-46(5-2)21-22-47(24-27-10-12-28(13-11-27)29-14-17-31(18-15-29)39(42,43)44)36(49)25-48-34-23-26(3)9-19-32(34)38(50)45-35(48)20-16-30-7-6-8-33(40)37(30)41/h6-15,17-19,23H,4-5,16,20-22,24-25H2,1-3H3. The van der Waals surface area contributed by atoms with Gasteiger partial charge in [-0.2, -0.15) is 18.2 Å². The molecule has 0 spiro atoms. The number of aryl methyl sites for hydroxylation is 3. The number of alkyl halides is 3. The largest absolute Gasteiger partial charge is 0.416 e. The van der Waals surface area contributed by atoms with Crippen molar-refractivity contribution in [2.24, 2.45) is 0 Å². The number of rotatable bonds is 13. The summed E-state index contributed by atoms with van der Waals surface area (Å²) in [5.41, 5.74) is 2.56. The zero-order valence-electron chi connectivity index (χ0n) is 28.2. The van der Waals surface area contributed by atoms with Crippen LogP contribution in [-0.2, 0) is 36.9 Å². The van der Waals surface area contributed by atoms with E-state index in [1.54, 1.807) is 21.6 Å². The van der Waals surface area contributed by atoms with Gasteiger partial charge in [0.05, 0.1) is 16.5 Å². The van der Waals surface area contributed by atoms with Crippen LogP contribution in [0.2, 0.25) is 0 Å². The van der Waals surface area contributed by atoms with Gasteiger partial charge in [0.25, 0.3) is 5.56 Å². The molecule has 0 fully saturated rings. The fourth-order valence-corrected chi connectivity index (χ4v) is 5.98. The summed E-state index contributed by atoms with van der Waals surface area (Å²) < 4.78 is 69.3. The molecule has 0 saturated heterocycles. The number of nitrogens with zero attached hydrogens (tertiary/aromatic N) is 4. The van der Waals surface area contributed by atoms with Gasteiger partial charge >= 0.3 is 6.18 Å². The third-order valence-electron chi connectivity index (χ3n) is 8.97. The number of hydrogen-bond donors (Lipinski definition) is 0. The minimum absolute atomic E-state index is 0.0680. The van der Waals surface area contributed by atoms with E-state index >= 15 is 0 Å². The average Bonchev–Trinajstić information content (AvgIpc) is 3.10. The molecule has 0 aliphatic carbocycles. The van der Waals surface area contributed by atoms with E-state index in [-0.39, 0.29) is 43.2 Å². The zero-order valence-corrected chi connectivity index (χ0v) is 28.2. The van der Waals surface area contributed by atoms with E-state index in [1.165, 1.54) is 24.3 Å². The monoisotopic (exact) mass is 690 g/mol. The van der Waals surface area contributed by atoms with Crippen molar-refractivity contribution < 1.29 is 26.7 Å². The van der Waals surface area contributed by atoms with E-state index in [2.05, 4.69) is 9.88 Å². The van der Waals surface area contributed by atoms with Crippen molar-refractivity contribution in [3.8, 4) is 11.1 Å². The second kappa shape index (κ2) is 15.8. The SMILES string of the molecule is CCN(CC)CCN(Cc1ccc(-c2ccc(C(F)(F)F)cc2)cc1)C(=O)Cn1c(CCc2cccc(F)c2F)nc(=O)c2ccc(C)cc21. The van der Waals surface area contributed by atoms with Crippen LogP contribution in [0.4, 0.5) is 22.0 Å². The first-order chi connectivity index (χ1) is 23.9. The van der Waals surface area contributed by atoms with Crippen molar-refractivity contribution in [2.45, 2.75) is 52.9 Å². The lowest BCUT2D eigenvalue weighted by Gasteiger charge is -2.28. The molecule has 0 saturated carbocycles. The fraction of sp³-hybridized carbons (Fsp3) is 0.308. The van der Waals surface area contributed by atoms with Crippen LogP contribution in [-0.4, -0.2) is 51.4 Å². The molecule has 0 N–H and O–H groups in total. The normalized spacial score (nSPS) is 11.8. The molecule has 0 bridgehead atoms. The summed E-state index contributed by atoms with van der Waals surface area (Å²) in [5, 5.41) is 0.345. The molecule has 50 heavy (non-hydrogen) atoms. The van der Waals surface area contributed by atoms with E-state index in [0.717, 1.165) is 48.0 Å². The third kappa shape index (κ3) is 8.63. The van der Waals surface area contributed by atoms with Crippen LogP contribution in [0, 0.1) is 18.6 Å². The lowest BCUT2D eigenvalue weighted by molar-refractivity contribution is -0.137. The Kier molecular flexibility index (Phi) is 11.5. The lowest BCUT2D eigenvalue weighted by Crippen LogP contribution is -2.40. The predicted octanol–water partition coefficient (Wildman–Crippen LogP) is 7.82. The highest BCUT2D eigenvalue weighted by Gasteiger charge is 2.30. The van der Waals surface area contributed by atoms with Crippen LogP contribution in [0.1, 0.15) is 41.9 Å². The molecular formula is C39H39F5N4O2. The maximum Gasteiger partial charge on any atom is 0.416 e. The van der Waals surface area contributed by atoms with Crippen molar-refractivity contribution in [2.75, 3.05) is 26.2 Å². The van der Waals surface area contributed by atoms with Crippen molar-refractivity contribution in [1.29, 1.82) is 0 Å². The maximum absolute atomic E-state index is 14.5. The molecule has 0 radical (unpaired) electrons. The van der Waals surface area contributed by atoms with E-state index < -0.39 is 28.9 Å². The quantitative estimate of drug-likeness (QED) is 0.118. The van der Waals surface area contributed by atoms with Crippen LogP contribution in [0.25, 0.3) is 22.0 Å².